The first-order valence-electron chi connectivity index (χ1n) is 11.4. The lowest BCUT2D eigenvalue weighted by Gasteiger charge is -2.39. The summed E-state index contributed by atoms with van der Waals surface area (Å²) in [7, 11) is 1.84. The van der Waals surface area contributed by atoms with Gasteiger partial charge < -0.3 is 19.8 Å². The predicted molar refractivity (Wildman–Crippen MR) is 123 cm³/mol. The molecule has 0 bridgehead atoms. The minimum atomic E-state index is 0.504. The minimum absolute atomic E-state index is 0.504. The van der Waals surface area contributed by atoms with Crippen LogP contribution in [0.1, 0.15) is 37.9 Å². The highest BCUT2D eigenvalue weighted by Crippen LogP contribution is 2.19. The molecule has 1 aliphatic heterocycles. The average molecular weight is 415 g/mol. The standard InChI is InChI=1S/C23H38N6O/c1-5-19(6-2)21(28-12-14-30-15-13-28)16-26-23(24-4)25-10-9-20-17-29-11-7-8-18(3)22(29)27-20/h7-8,11,17,19,21H,5-6,9-10,12-16H2,1-4H3,(H2,24,25,26). The van der Waals surface area contributed by atoms with Gasteiger partial charge in [0.25, 0.3) is 0 Å². The molecule has 0 spiro atoms. The predicted octanol–water partition coefficient (Wildman–Crippen LogP) is 2.49. The molecule has 1 unspecified atom stereocenters. The molecular weight excluding hydrogens is 376 g/mol. The second-order valence-corrected chi connectivity index (χ2v) is 8.08. The molecule has 3 rings (SSSR count). The molecule has 2 N–H and O–H groups in total. The average Bonchev–Trinajstić information content (AvgIpc) is 3.20. The molecule has 1 aliphatic rings. The summed E-state index contributed by atoms with van der Waals surface area (Å²) in [5.41, 5.74) is 3.33. The molecule has 30 heavy (non-hydrogen) atoms. The van der Waals surface area contributed by atoms with Crippen LogP contribution in [0.15, 0.2) is 29.5 Å². The van der Waals surface area contributed by atoms with Gasteiger partial charge in [0.15, 0.2) is 5.96 Å². The Bertz CT molecular complexity index is 807. The SMILES string of the molecule is CCC(CC)C(CNC(=NC)NCCc1cn2cccc(C)c2n1)N1CCOCC1. The second-order valence-electron chi connectivity index (χ2n) is 8.08. The number of hydrogen-bond donors (Lipinski definition) is 2. The van der Waals surface area contributed by atoms with Crippen LogP contribution in [-0.2, 0) is 11.2 Å². The number of guanidine groups is 1. The molecule has 166 valence electrons. The molecule has 0 radical (unpaired) electrons. The van der Waals surface area contributed by atoms with Crippen LogP contribution in [0.3, 0.4) is 0 Å². The number of imidazole rings is 1. The molecule has 3 heterocycles. The van der Waals surface area contributed by atoms with Crippen molar-refractivity contribution in [2.75, 3.05) is 46.4 Å². The summed E-state index contributed by atoms with van der Waals surface area (Å²) >= 11 is 0. The third-order valence-electron chi connectivity index (χ3n) is 6.21. The zero-order valence-electron chi connectivity index (χ0n) is 19.0. The van der Waals surface area contributed by atoms with Crippen molar-refractivity contribution in [3.05, 3.63) is 35.8 Å². The Labute approximate surface area is 180 Å². The fourth-order valence-corrected chi connectivity index (χ4v) is 4.39. The van der Waals surface area contributed by atoms with Gasteiger partial charge in [-0.25, -0.2) is 4.98 Å². The molecule has 0 aromatic carbocycles. The fourth-order valence-electron chi connectivity index (χ4n) is 4.39. The maximum Gasteiger partial charge on any atom is 0.191 e. The van der Waals surface area contributed by atoms with Crippen molar-refractivity contribution >= 4 is 11.6 Å². The number of hydrogen-bond acceptors (Lipinski definition) is 4. The van der Waals surface area contributed by atoms with Gasteiger partial charge in [0.2, 0.25) is 0 Å². The second kappa shape index (κ2) is 11.3. The summed E-state index contributed by atoms with van der Waals surface area (Å²) in [4.78, 5) is 11.8. The van der Waals surface area contributed by atoms with Crippen LogP contribution in [0.2, 0.25) is 0 Å². The maximum absolute atomic E-state index is 5.56. The van der Waals surface area contributed by atoms with Gasteiger partial charge in [-0.3, -0.25) is 9.89 Å². The van der Waals surface area contributed by atoms with E-state index in [9.17, 15) is 0 Å². The zero-order valence-corrected chi connectivity index (χ0v) is 19.0. The van der Waals surface area contributed by atoms with Crippen molar-refractivity contribution in [1.82, 2.24) is 24.9 Å². The molecule has 0 aliphatic carbocycles. The number of ether oxygens (including phenoxy) is 1. The number of aliphatic imine (C=N–C) groups is 1. The van der Waals surface area contributed by atoms with Gasteiger partial charge in [-0.05, 0) is 24.5 Å². The van der Waals surface area contributed by atoms with E-state index in [4.69, 9.17) is 9.72 Å². The van der Waals surface area contributed by atoms with Crippen molar-refractivity contribution in [3.8, 4) is 0 Å². The van der Waals surface area contributed by atoms with Crippen molar-refractivity contribution in [1.29, 1.82) is 0 Å². The molecule has 0 amide bonds. The van der Waals surface area contributed by atoms with Crippen LogP contribution in [-0.4, -0.2) is 72.7 Å². The smallest absolute Gasteiger partial charge is 0.191 e. The van der Waals surface area contributed by atoms with Crippen molar-refractivity contribution in [2.24, 2.45) is 10.9 Å². The fraction of sp³-hybridized carbons (Fsp3) is 0.652. The Balaban J connectivity index is 1.52. The number of fused-ring (bicyclic) bond motifs is 1. The van der Waals surface area contributed by atoms with E-state index in [1.807, 2.05) is 7.05 Å². The van der Waals surface area contributed by atoms with E-state index >= 15 is 0 Å². The largest absolute Gasteiger partial charge is 0.379 e. The van der Waals surface area contributed by atoms with E-state index in [2.05, 4.69) is 70.2 Å². The Morgan fingerprint density at radius 2 is 2.00 bits per heavy atom. The lowest BCUT2D eigenvalue weighted by Crippen LogP contribution is -2.53. The number of morpholine rings is 1. The first-order valence-corrected chi connectivity index (χ1v) is 11.4. The lowest BCUT2D eigenvalue weighted by atomic mass is 9.92. The number of aryl methyl sites for hydroxylation is 1. The van der Waals surface area contributed by atoms with Gasteiger partial charge in [0.05, 0.1) is 18.9 Å². The monoisotopic (exact) mass is 414 g/mol. The number of pyridine rings is 1. The minimum Gasteiger partial charge on any atom is -0.379 e. The first kappa shape index (κ1) is 22.6. The zero-order chi connectivity index (χ0) is 21.3. The van der Waals surface area contributed by atoms with Gasteiger partial charge in [0.1, 0.15) is 5.65 Å². The summed E-state index contributed by atoms with van der Waals surface area (Å²) in [6.45, 7) is 12.1. The number of nitrogens with one attached hydrogen (secondary N) is 2. The number of aromatic nitrogens is 2. The molecule has 2 aromatic heterocycles. The molecule has 1 saturated heterocycles. The van der Waals surface area contributed by atoms with Crippen LogP contribution in [0.25, 0.3) is 5.65 Å². The quantitative estimate of drug-likeness (QED) is 0.487. The van der Waals surface area contributed by atoms with Crippen molar-refractivity contribution < 1.29 is 4.74 Å². The van der Waals surface area contributed by atoms with Crippen molar-refractivity contribution in [3.63, 3.8) is 0 Å². The lowest BCUT2D eigenvalue weighted by molar-refractivity contribution is 0.00272. The van der Waals surface area contributed by atoms with Gasteiger partial charge in [-0.2, -0.15) is 0 Å². The molecular formula is C23H38N6O. The first-order chi connectivity index (χ1) is 14.7. The Morgan fingerprint density at radius 1 is 1.23 bits per heavy atom. The molecule has 2 aromatic rings. The summed E-state index contributed by atoms with van der Waals surface area (Å²) in [5.74, 6) is 1.54. The normalized spacial score (nSPS) is 16.9. The van der Waals surface area contributed by atoms with Crippen LogP contribution in [0.4, 0.5) is 0 Å². The summed E-state index contributed by atoms with van der Waals surface area (Å²) < 4.78 is 7.66. The van der Waals surface area contributed by atoms with E-state index < -0.39 is 0 Å². The van der Waals surface area contributed by atoms with Crippen molar-refractivity contribution in [2.45, 2.75) is 46.1 Å². The molecule has 1 atom stereocenters. The topological polar surface area (TPSA) is 66.2 Å². The highest BCUT2D eigenvalue weighted by molar-refractivity contribution is 5.79. The van der Waals surface area contributed by atoms with Gasteiger partial charge in [-0.1, -0.05) is 32.8 Å². The van der Waals surface area contributed by atoms with E-state index in [0.29, 0.717) is 12.0 Å². The Kier molecular flexibility index (Phi) is 8.51. The summed E-state index contributed by atoms with van der Waals surface area (Å²) in [6, 6.07) is 4.66. The van der Waals surface area contributed by atoms with E-state index in [1.54, 1.807) is 0 Å². The van der Waals surface area contributed by atoms with E-state index in [-0.39, 0.29) is 0 Å². The van der Waals surface area contributed by atoms with Crippen LogP contribution < -0.4 is 10.6 Å². The van der Waals surface area contributed by atoms with E-state index in [0.717, 1.165) is 63.1 Å². The molecule has 7 heteroatoms. The van der Waals surface area contributed by atoms with E-state index in [1.165, 1.54) is 18.4 Å². The highest BCUT2D eigenvalue weighted by atomic mass is 16.5. The maximum atomic E-state index is 5.56. The van der Waals surface area contributed by atoms with Gasteiger partial charge in [-0.15, -0.1) is 0 Å². The number of nitrogens with zero attached hydrogens (tertiary/aromatic N) is 4. The third kappa shape index (κ3) is 5.73. The number of rotatable bonds is 9. The van der Waals surface area contributed by atoms with Crippen LogP contribution >= 0.6 is 0 Å². The summed E-state index contributed by atoms with van der Waals surface area (Å²) in [5, 5.41) is 7.03. The third-order valence-corrected chi connectivity index (χ3v) is 6.21. The highest BCUT2D eigenvalue weighted by Gasteiger charge is 2.27. The van der Waals surface area contributed by atoms with Gasteiger partial charge in [0, 0.05) is 58.1 Å². The van der Waals surface area contributed by atoms with Gasteiger partial charge >= 0.3 is 0 Å². The summed E-state index contributed by atoms with van der Waals surface area (Å²) in [6.07, 6.45) is 7.42. The molecule has 1 fully saturated rings. The van der Waals surface area contributed by atoms with Crippen LogP contribution in [0.5, 0.6) is 0 Å². The molecule has 0 saturated carbocycles. The molecule has 7 nitrogen and oxygen atoms in total. The van der Waals surface area contributed by atoms with Crippen LogP contribution in [0, 0.1) is 12.8 Å². The Morgan fingerprint density at radius 3 is 2.67 bits per heavy atom. The Hall–Kier alpha value is -2.12.